The first-order valence-electron chi connectivity index (χ1n) is 6.01. The summed E-state index contributed by atoms with van der Waals surface area (Å²) in [5, 5.41) is 11.7. The molecule has 0 amide bonds. The molecule has 1 aromatic rings. The fourth-order valence-corrected chi connectivity index (χ4v) is 2.52. The van der Waals surface area contributed by atoms with E-state index >= 15 is 0 Å². The van der Waals surface area contributed by atoms with Crippen LogP contribution in [0.3, 0.4) is 0 Å². The summed E-state index contributed by atoms with van der Waals surface area (Å²) in [6.45, 7) is 4.38. The van der Waals surface area contributed by atoms with Gasteiger partial charge in [0, 0.05) is 23.1 Å². The molecule has 18 heavy (non-hydrogen) atoms. The number of rotatable bonds is 5. The van der Waals surface area contributed by atoms with Gasteiger partial charge in [0.15, 0.2) is 5.84 Å². The summed E-state index contributed by atoms with van der Waals surface area (Å²) >= 11 is 3.53. The van der Waals surface area contributed by atoms with Crippen LogP contribution in [0.5, 0.6) is 0 Å². The molecule has 0 saturated heterocycles. The maximum absolute atomic E-state index is 8.65. The summed E-state index contributed by atoms with van der Waals surface area (Å²) < 4.78 is 0.942. The largest absolute Gasteiger partial charge is 0.409 e. The summed E-state index contributed by atoms with van der Waals surface area (Å²) in [5.74, 6) is 0.117. The third kappa shape index (κ3) is 3.38. The summed E-state index contributed by atoms with van der Waals surface area (Å²) in [4.78, 5) is 2.23. The van der Waals surface area contributed by atoms with Crippen LogP contribution in [-0.2, 0) is 0 Å². The molecule has 5 heteroatoms. The molecular weight excluding hydrogens is 294 g/mol. The lowest BCUT2D eigenvalue weighted by Crippen LogP contribution is -2.29. The van der Waals surface area contributed by atoms with Crippen molar-refractivity contribution < 1.29 is 5.21 Å². The first kappa shape index (κ1) is 14.8. The highest BCUT2D eigenvalue weighted by atomic mass is 79.9. The van der Waals surface area contributed by atoms with Crippen molar-refractivity contribution in [3.05, 3.63) is 28.2 Å². The topological polar surface area (TPSA) is 61.8 Å². The molecule has 1 atom stereocenters. The third-order valence-corrected chi connectivity index (χ3v) is 3.73. The predicted octanol–water partition coefficient (Wildman–Crippen LogP) is 3.17. The molecule has 1 rings (SSSR count). The number of amidine groups is 1. The van der Waals surface area contributed by atoms with Crippen LogP contribution in [0.2, 0.25) is 0 Å². The second kappa shape index (κ2) is 6.64. The number of nitrogens with zero attached hydrogens (tertiary/aromatic N) is 2. The highest BCUT2D eigenvalue weighted by Gasteiger charge is 2.13. The minimum atomic E-state index is 0.117. The molecule has 0 aliphatic rings. The molecule has 0 saturated carbocycles. The molecule has 4 nitrogen and oxygen atoms in total. The van der Waals surface area contributed by atoms with E-state index in [1.165, 1.54) is 0 Å². The van der Waals surface area contributed by atoms with Gasteiger partial charge in [0.2, 0.25) is 0 Å². The van der Waals surface area contributed by atoms with Crippen LogP contribution in [0.1, 0.15) is 32.3 Å². The Kier molecular flexibility index (Phi) is 5.47. The van der Waals surface area contributed by atoms with E-state index in [1.54, 1.807) is 0 Å². The van der Waals surface area contributed by atoms with Crippen molar-refractivity contribution in [1.82, 2.24) is 0 Å². The van der Waals surface area contributed by atoms with Gasteiger partial charge < -0.3 is 15.8 Å². The lowest BCUT2D eigenvalue weighted by Gasteiger charge is -2.28. The van der Waals surface area contributed by atoms with Gasteiger partial charge in [0.05, 0.1) is 5.69 Å². The number of nitrogens with two attached hydrogens (primary N) is 1. The second-order valence-electron chi connectivity index (χ2n) is 4.40. The van der Waals surface area contributed by atoms with E-state index in [-0.39, 0.29) is 5.84 Å². The quantitative estimate of drug-likeness (QED) is 0.380. The number of oxime groups is 1. The van der Waals surface area contributed by atoms with Crippen molar-refractivity contribution in [2.75, 3.05) is 11.9 Å². The van der Waals surface area contributed by atoms with Crippen molar-refractivity contribution in [2.24, 2.45) is 10.9 Å². The van der Waals surface area contributed by atoms with Crippen molar-refractivity contribution in [1.29, 1.82) is 0 Å². The van der Waals surface area contributed by atoms with Gasteiger partial charge in [-0.15, -0.1) is 0 Å². The van der Waals surface area contributed by atoms with Crippen LogP contribution < -0.4 is 10.6 Å². The summed E-state index contributed by atoms with van der Waals surface area (Å²) in [5.41, 5.74) is 7.36. The van der Waals surface area contributed by atoms with Gasteiger partial charge in [-0.05, 0) is 47.5 Å². The van der Waals surface area contributed by atoms with Crippen molar-refractivity contribution >= 4 is 27.5 Å². The van der Waals surface area contributed by atoms with E-state index in [4.69, 9.17) is 10.9 Å². The van der Waals surface area contributed by atoms with E-state index in [2.05, 4.69) is 46.9 Å². The molecule has 3 N–H and O–H groups in total. The van der Waals surface area contributed by atoms with Crippen LogP contribution in [0, 0.1) is 0 Å². The Labute approximate surface area is 117 Å². The lowest BCUT2D eigenvalue weighted by molar-refractivity contribution is 0.318. The molecule has 0 aromatic heterocycles. The molecule has 1 unspecified atom stereocenters. The molecule has 0 radical (unpaired) electrons. The summed E-state index contributed by atoms with van der Waals surface area (Å²) in [6, 6.07) is 6.16. The van der Waals surface area contributed by atoms with Crippen molar-refractivity contribution in [3.8, 4) is 0 Å². The molecule has 0 fully saturated rings. The monoisotopic (exact) mass is 313 g/mol. The Morgan fingerprint density at radius 2 is 2.22 bits per heavy atom. The molecule has 0 spiro atoms. The highest BCUT2D eigenvalue weighted by molar-refractivity contribution is 9.10. The Hall–Kier alpha value is -1.23. The van der Waals surface area contributed by atoms with Gasteiger partial charge >= 0.3 is 0 Å². The van der Waals surface area contributed by atoms with Crippen molar-refractivity contribution in [2.45, 2.75) is 32.7 Å². The molecule has 100 valence electrons. The Bertz CT molecular complexity index is 434. The zero-order chi connectivity index (χ0) is 13.7. The number of benzene rings is 1. The van der Waals surface area contributed by atoms with Gasteiger partial charge in [0.25, 0.3) is 0 Å². The SMILES string of the molecule is CCCC(C)N(C)c1ccc(/C(N)=N/O)cc1Br. The number of halogens is 1. The first-order valence-corrected chi connectivity index (χ1v) is 6.80. The maximum Gasteiger partial charge on any atom is 0.170 e. The molecule has 0 bridgehead atoms. The zero-order valence-electron chi connectivity index (χ0n) is 11.0. The Morgan fingerprint density at radius 1 is 1.56 bits per heavy atom. The van der Waals surface area contributed by atoms with Crippen LogP contribution >= 0.6 is 15.9 Å². The minimum absolute atomic E-state index is 0.117. The third-order valence-electron chi connectivity index (χ3n) is 3.10. The predicted molar refractivity (Wildman–Crippen MR) is 79.4 cm³/mol. The fraction of sp³-hybridized carbons (Fsp3) is 0.462. The highest BCUT2D eigenvalue weighted by Crippen LogP contribution is 2.28. The van der Waals surface area contributed by atoms with E-state index < -0.39 is 0 Å². The smallest absolute Gasteiger partial charge is 0.170 e. The molecule has 0 aliphatic carbocycles. The fourth-order valence-electron chi connectivity index (χ4n) is 1.86. The van der Waals surface area contributed by atoms with Crippen LogP contribution in [0.4, 0.5) is 5.69 Å². The maximum atomic E-state index is 8.65. The number of hydrogen-bond donors (Lipinski definition) is 2. The van der Waals surface area contributed by atoms with Crippen molar-refractivity contribution in [3.63, 3.8) is 0 Å². The van der Waals surface area contributed by atoms with Gasteiger partial charge in [-0.1, -0.05) is 18.5 Å². The lowest BCUT2D eigenvalue weighted by atomic mass is 10.1. The normalized spacial score (nSPS) is 13.4. The first-order chi connectivity index (χ1) is 8.51. The molecular formula is C13H20BrN3O. The summed E-state index contributed by atoms with van der Waals surface area (Å²) in [6.07, 6.45) is 2.30. The Morgan fingerprint density at radius 3 is 2.72 bits per heavy atom. The molecule has 1 aromatic carbocycles. The summed E-state index contributed by atoms with van der Waals surface area (Å²) in [7, 11) is 2.07. The van der Waals surface area contributed by atoms with E-state index in [1.807, 2.05) is 18.2 Å². The van der Waals surface area contributed by atoms with Gasteiger partial charge in [-0.2, -0.15) is 0 Å². The minimum Gasteiger partial charge on any atom is -0.409 e. The average molecular weight is 314 g/mol. The zero-order valence-corrected chi connectivity index (χ0v) is 12.6. The number of hydrogen-bond acceptors (Lipinski definition) is 3. The van der Waals surface area contributed by atoms with Crippen LogP contribution in [-0.4, -0.2) is 24.1 Å². The molecule has 0 heterocycles. The van der Waals surface area contributed by atoms with Crippen LogP contribution in [0.15, 0.2) is 27.8 Å². The number of anilines is 1. The average Bonchev–Trinajstić information content (AvgIpc) is 2.37. The standard InChI is InChI=1S/C13H20BrN3O/c1-4-5-9(2)17(3)12-7-6-10(8-11(12)14)13(15)16-18/h6-9,18H,4-5H2,1-3H3,(H2,15,16). The van der Waals surface area contributed by atoms with Gasteiger partial charge in [0.1, 0.15) is 0 Å². The molecule has 0 aliphatic heterocycles. The van der Waals surface area contributed by atoms with E-state index in [0.29, 0.717) is 11.6 Å². The Balaban J connectivity index is 2.98. The van der Waals surface area contributed by atoms with Gasteiger partial charge in [-0.25, -0.2) is 0 Å². The second-order valence-corrected chi connectivity index (χ2v) is 5.25. The van der Waals surface area contributed by atoms with Gasteiger partial charge in [-0.3, -0.25) is 0 Å². The van der Waals surface area contributed by atoms with Crippen LogP contribution in [0.25, 0.3) is 0 Å². The van der Waals surface area contributed by atoms with E-state index in [9.17, 15) is 0 Å². The van der Waals surface area contributed by atoms with E-state index in [0.717, 1.165) is 23.0 Å².